The fourth-order valence-corrected chi connectivity index (χ4v) is 2.16. The molecule has 2 N–H and O–H groups in total. The third-order valence-electron chi connectivity index (χ3n) is 3.52. The van der Waals surface area contributed by atoms with Crippen LogP contribution in [0.15, 0.2) is 41.9 Å². The van der Waals surface area contributed by atoms with Crippen molar-refractivity contribution in [2.45, 2.75) is 12.8 Å². The first kappa shape index (κ1) is 23.2. The maximum Gasteiger partial charge on any atom is 0.251 e. The second-order valence-corrected chi connectivity index (χ2v) is 5.31. The molecule has 1 rings (SSSR count). The lowest BCUT2D eigenvalue weighted by Crippen LogP contribution is -2.42. The summed E-state index contributed by atoms with van der Waals surface area (Å²) < 4.78 is 5.08. The fraction of sp³-hybridized carbons (Fsp3) is 0.444. The largest absolute Gasteiger partial charge is 0.497 e. The van der Waals surface area contributed by atoms with E-state index in [1.165, 1.54) is 0 Å². The van der Waals surface area contributed by atoms with Crippen LogP contribution in [-0.2, 0) is 0 Å². The van der Waals surface area contributed by atoms with E-state index in [2.05, 4.69) is 27.1 Å². The van der Waals surface area contributed by atoms with Crippen LogP contribution in [0.5, 0.6) is 5.75 Å². The average Bonchev–Trinajstić information content (AvgIpc) is 2.61. The number of amides is 1. The lowest BCUT2D eigenvalue weighted by molar-refractivity contribution is 0.0954. The number of carbonyl (C=O) groups excluding carboxylic acids is 1. The first-order valence-corrected chi connectivity index (χ1v) is 8.07. The number of allylic oxidation sites excluding steroid dienone is 1. The number of benzene rings is 1. The summed E-state index contributed by atoms with van der Waals surface area (Å²) in [6, 6.07) is 7.03. The molecule has 140 valence electrons. The molecule has 6 nitrogen and oxygen atoms in total. The van der Waals surface area contributed by atoms with Gasteiger partial charge in [-0.05, 0) is 37.1 Å². The Morgan fingerprint density at radius 1 is 1.28 bits per heavy atom. The molecule has 0 bridgehead atoms. The van der Waals surface area contributed by atoms with E-state index < -0.39 is 0 Å². The topological polar surface area (TPSA) is 66.0 Å². The van der Waals surface area contributed by atoms with Crippen molar-refractivity contribution in [2.24, 2.45) is 4.99 Å². The SMILES string of the molecule is C=CCCCN(C)C(=NC)NCCNC(=O)c1ccc(OC)cc1.I. The van der Waals surface area contributed by atoms with Crippen LogP contribution in [0.1, 0.15) is 23.2 Å². The minimum absolute atomic E-state index is 0. The molecule has 0 aliphatic carbocycles. The van der Waals surface area contributed by atoms with E-state index in [0.29, 0.717) is 18.7 Å². The number of ether oxygens (including phenoxy) is 1. The predicted molar refractivity (Wildman–Crippen MR) is 114 cm³/mol. The van der Waals surface area contributed by atoms with Crippen LogP contribution < -0.4 is 15.4 Å². The maximum atomic E-state index is 12.0. The number of unbranched alkanes of at least 4 members (excludes halogenated alkanes) is 1. The lowest BCUT2D eigenvalue weighted by atomic mass is 10.2. The summed E-state index contributed by atoms with van der Waals surface area (Å²) in [7, 11) is 5.35. The van der Waals surface area contributed by atoms with E-state index in [9.17, 15) is 4.79 Å². The molecule has 0 spiro atoms. The number of guanidine groups is 1. The van der Waals surface area contributed by atoms with Gasteiger partial charge in [-0.1, -0.05) is 6.08 Å². The number of aliphatic imine (C=N–C) groups is 1. The Balaban J connectivity index is 0.00000576. The minimum atomic E-state index is -0.103. The molecule has 7 heteroatoms. The molecule has 0 unspecified atom stereocenters. The molecule has 0 atom stereocenters. The number of methoxy groups -OCH3 is 1. The van der Waals surface area contributed by atoms with Crippen LogP contribution in [0.2, 0.25) is 0 Å². The number of rotatable bonds is 9. The van der Waals surface area contributed by atoms with E-state index >= 15 is 0 Å². The van der Waals surface area contributed by atoms with Crippen molar-refractivity contribution in [3.63, 3.8) is 0 Å². The summed E-state index contributed by atoms with van der Waals surface area (Å²) in [6.45, 7) is 5.76. The van der Waals surface area contributed by atoms with Crippen molar-refractivity contribution in [1.29, 1.82) is 0 Å². The summed E-state index contributed by atoms with van der Waals surface area (Å²) in [6.07, 6.45) is 3.94. The Kier molecular flexibility index (Phi) is 12.6. The molecule has 0 aliphatic heterocycles. The van der Waals surface area contributed by atoms with Gasteiger partial charge in [0, 0.05) is 39.3 Å². The van der Waals surface area contributed by atoms with Gasteiger partial charge in [-0.3, -0.25) is 9.79 Å². The molecule has 1 aromatic carbocycles. The summed E-state index contributed by atoms with van der Waals surface area (Å²) in [5.74, 6) is 1.45. The van der Waals surface area contributed by atoms with Gasteiger partial charge in [0.2, 0.25) is 0 Å². The van der Waals surface area contributed by atoms with E-state index in [-0.39, 0.29) is 29.9 Å². The zero-order chi connectivity index (χ0) is 17.8. The van der Waals surface area contributed by atoms with E-state index in [1.807, 2.05) is 13.1 Å². The zero-order valence-corrected chi connectivity index (χ0v) is 17.6. The Labute approximate surface area is 167 Å². The Morgan fingerprint density at radius 3 is 2.48 bits per heavy atom. The normalized spacial score (nSPS) is 10.4. The maximum absolute atomic E-state index is 12.0. The van der Waals surface area contributed by atoms with Crippen LogP contribution in [0.4, 0.5) is 0 Å². The Morgan fingerprint density at radius 2 is 1.92 bits per heavy atom. The monoisotopic (exact) mass is 460 g/mol. The molecule has 25 heavy (non-hydrogen) atoms. The van der Waals surface area contributed by atoms with Crippen molar-refractivity contribution < 1.29 is 9.53 Å². The molecule has 0 saturated carbocycles. The molecule has 0 heterocycles. The molecule has 0 aliphatic rings. The molecule has 0 saturated heterocycles. The standard InChI is InChI=1S/C18H28N4O2.HI/c1-5-6-7-14-22(3)18(19-2)21-13-12-20-17(23)15-8-10-16(24-4)11-9-15;/h5,8-11H,1,6-7,12-14H2,2-4H3,(H,19,21)(H,20,23);1H. The van der Waals surface area contributed by atoms with Crippen molar-refractivity contribution in [3.05, 3.63) is 42.5 Å². The number of halogens is 1. The van der Waals surface area contributed by atoms with Gasteiger partial charge in [-0.15, -0.1) is 30.6 Å². The van der Waals surface area contributed by atoms with Gasteiger partial charge in [0.1, 0.15) is 5.75 Å². The third-order valence-corrected chi connectivity index (χ3v) is 3.52. The van der Waals surface area contributed by atoms with E-state index in [4.69, 9.17) is 4.74 Å². The number of hydrogen-bond donors (Lipinski definition) is 2. The van der Waals surface area contributed by atoms with E-state index in [0.717, 1.165) is 31.1 Å². The predicted octanol–water partition coefficient (Wildman–Crippen LogP) is 2.52. The summed E-state index contributed by atoms with van der Waals surface area (Å²) in [4.78, 5) is 18.3. The average molecular weight is 460 g/mol. The smallest absolute Gasteiger partial charge is 0.251 e. The van der Waals surface area contributed by atoms with Gasteiger partial charge in [0.15, 0.2) is 5.96 Å². The molecular weight excluding hydrogens is 431 g/mol. The van der Waals surface area contributed by atoms with Crippen LogP contribution in [0.3, 0.4) is 0 Å². The highest BCUT2D eigenvalue weighted by Crippen LogP contribution is 2.10. The quantitative estimate of drug-likeness (QED) is 0.196. The number of hydrogen-bond acceptors (Lipinski definition) is 3. The number of nitrogens with one attached hydrogen (secondary N) is 2. The van der Waals surface area contributed by atoms with Crippen molar-refractivity contribution in [2.75, 3.05) is 40.8 Å². The van der Waals surface area contributed by atoms with Crippen molar-refractivity contribution in [3.8, 4) is 5.75 Å². The second kappa shape index (κ2) is 13.5. The molecular formula is C18H29IN4O2. The number of carbonyl (C=O) groups is 1. The second-order valence-electron chi connectivity index (χ2n) is 5.31. The highest BCUT2D eigenvalue weighted by atomic mass is 127. The molecule has 0 fully saturated rings. The number of nitrogens with zero attached hydrogens (tertiary/aromatic N) is 2. The van der Waals surface area contributed by atoms with Gasteiger partial charge in [-0.2, -0.15) is 0 Å². The first-order chi connectivity index (χ1) is 11.6. The molecule has 1 amide bonds. The van der Waals surface area contributed by atoms with Crippen molar-refractivity contribution in [1.82, 2.24) is 15.5 Å². The third kappa shape index (κ3) is 8.76. The van der Waals surface area contributed by atoms with Crippen LogP contribution in [0, 0.1) is 0 Å². The summed E-state index contributed by atoms with van der Waals surface area (Å²) in [5, 5.41) is 6.11. The highest BCUT2D eigenvalue weighted by Gasteiger charge is 2.06. The van der Waals surface area contributed by atoms with Crippen molar-refractivity contribution >= 4 is 35.8 Å². The highest BCUT2D eigenvalue weighted by molar-refractivity contribution is 14.0. The van der Waals surface area contributed by atoms with Gasteiger partial charge >= 0.3 is 0 Å². The molecule has 0 aromatic heterocycles. The van der Waals surface area contributed by atoms with E-state index in [1.54, 1.807) is 38.4 Å². The van der Waals surface area contributed by atoms with Crippen LogP contribution in [0.25, 0.3) is 0 Å². The minimum Gasteiger partial charge on any atom is -0.497 e. The molecule has 0 radical (unpaired) electrons. The Hall–Kier alpha value is -1.77. The lowest BCUT2D eigenvalue weighted by Gasteiger charge is -2.21. The molecule has 1 aromatic rings. The van der Waals surface area contributed by atoms with Gasteiger partial charge in [-0.25, -0.2) is 0 Å². The summed E-state index contributed by atoms with van der Waals surface area (Å²) >= 11 is 0. The fourth-order valence-electron chi connectivity index (χ4n) is 2.16. The zero-order valence-electron chi connectivity index (χ0n) is 15.2. The van der Waals surface area contributed by atoms with Crippen LogP contribution >= 0.6 is 24.0 Å². The summed E-state index contributed by atoms with van der Waals surface area (Å²) in [5.41, 5.74) is 0.613. The van der Waals surface area contributed by atoms with Gasteiger partial charge in [0.25, 0.3) is 5.91 Å². The van der Waals surface area contributed by atoms with Gasteiger partial charge < -0.3 is 20.3 Å². The van der Waals surface area contributed by atoms with Gasteiger partial charge in [0.05, 0.1) is 7.11 Å². The Bertz CT molecular complexity index is 547. The first-order valence-electron chi connectivity index (χ1n) is 8.07. The van der Waals surface area contributed by atoms with Crippen LogP contribution in [-0.4, -0.2) is 57.6 Å².